The van der Waals surface area contributed by atoms with Crippen LogP contribution in [-0.4, -0.2) is 15.3 Å². The van der Waals surface area contributed by atoms with E-state index in [2.05, 4.69) is 10.2 Å². The summed E-state index contributed by atoms with van der Waals surface area (Å²) >= 11 is 0. The van der Waals surface area contributed by atoms with E-state index in [9.17, 15) is 0 Å². The van der Waals surface area contributed by atoms with Gasteiger partial charge in [0.15, 0.2) is 0 Å². The molecule has 0 aliphatic rings. The number of rotatable bonds is 3. The van der Waals surface area contributed by atoms with Crippen LogP contribution in [0.1, 0.15) is 11.1 Å². The number of ether oxygens (including phenoxy) is 1. The highest BCUT2D eigenvalue weighted by Gasteiger charge is 2.05. The van der Waals surface area contributed by atoms with Crippen LogP contribution in [-0.2, 0) is 6.61 Å². The first kappa shape index (κ1) is 11.0. The molecular weight excluding hydrogens is 218 g/mol. The van der Waals surface area contributed by atoms with Crippen molar-refractivity contribution in [1.29, 1.82) is 5.26 Å². The molecule has 1 aromatic heterocycles. The molecule has 2 rings (SSSR count). The Labute approximate surface area is 97.9 Å². The lowest BCUT2D eigenvalue weighted by atomic mass is 10.2. The van der Waals surface area contributed by atoms with Crippen molar-refractivity contribution in [2.45, 2.75) is 6.61 Å². The van der Waals surface area contributed by atoms with E-state index in [-0.39, 0.29) is 12.5 Å². The van der Waals surface area contributed by atoms with Crippen molar-refractivity contribution in [2.75, 3.05) is 0 Å². The molecule has 1 heterocycles. The van der Waals surface area contributed by atoms with Gasteiger partial charge in [0.1, 0.15) is 17.4 Å². The minimum absolute atomic E-state index is 0.0190. The zero-order valence-electron chi connectivity index (χ0n) is 8.87. The average Bonchev–Trinajstić information content (AvgIpc) is 2.40. The van der Waals surface area contributed by atoms with Crippen molar-refractivity contribution in [3.63, 3.8) is 0 Å². The lowest BCUT2D eigenvalue weighted by Gasteiger charge is -2.05. The van der Waals surface area contributed by atoms with Gasteiger partial charge in [-0.2, -0.15) is 10.4 Å². The molecule has 0 aliphatic heterocycles. The molecule has 5 heteroatoms. The number of benzene rings is 1. The van der Waals surface area contributed by atoms with Gasteiger partial charge in [0.2, 0.25) is 0 Å². The van der Waals surface area contributed by atoms with Gasteiger partial charge in [-0.15, -0.1) is 5.10 Å². The van der Waals surface area contributed by atoms with Gasteiger partial charge in [-0.05, 0) is 23.8 Å². The molecule has 0 amide bonds. The predicted octanol–water partition coefficient (Wildman–Crippen LogP) is 1.63. The highest BCUT2D eigenvalue weighted by molar-refractivity contribution is 5.39. The topological polar surface area (TPSA) is 79.0 Å². The molecule has 84 valence electrons. The summed E-state index contributed by atoms with van der Waals surface area (Å²) in [5.41, 5.74) is 1.11. The van der Waals surface area contributed by atoms with E-state index >= 15 is 0 Å². The molecule has 0 radical (unpaired) electrons. The molecule has 0 fully saturated rings. The zero-order valence-corrected chi connectivity index (χ0v) is 8.87. The van der Waals surface area contributed by atoms with Crippen LogP contribution in [0.3, 0.4) is 0 Å². The van der Waals surface area contributed by atoms with E-state index in [4.69, 9.17) is 15.1 Å². The summed E-state index contributed by atoms with van der Waals surface area (Å²) in [4.78, 5) is 0. The van der Waals surface area contributed by atoms with Gasteiger partial charge >= 0.3 is 0 Å². The predicted molar refractivity (Wildman–Crippen MR) is 59.2 cm³/mol. The van der Waals surface area contributed by atoms with E-state index in [0.29, 0.717) is 11.3 Å². The van der Waals surface area contributed by atoms with Gasteiger partial charge < -0.3 is 9.84 Å². The lowest BCUT2D eigenvalue weighted by Crippen LogP contribution is -1.93. The zero-order chi connectivity index (χ0) is 12.1. The normalized spacial score (nSPS) is 9.65. The number of hydrogen-bond donors (Lipinski definition) is 1. The molecule has 0 bridgehead atoms. The summed E-state index contributed by atoms with van der Waals surface area (Å²) < 4.78 is 5.42. The second-order valence-corrected chi connectivity index (χ2v) is 3.27. The molecule has 1 aromatic carbocycles. The van der Waals surface area contributed by atoms with Crippen LogP contribution in [0.5, 0.6) is 11.6 Å². The summed E-state index contributed by atoms with van der Waals surface area (Å²) in [6.07, 6.45) is 1.43. The molecule has 1 N–H and O–H groups in total. The van der Waals surface area contributed by atoms with Crippen molar-refractivity contribution < 1.29 is 9.84 Å². The molecule has 2 aromatic rings. The third-order valence-corrected chi connectivity index (χ3v) is 2.13. The number of hydrogen-bond acceptors (Lipinski definition) is 5. The Morgan fingerprint density at radius 1 is 1.24 bits per heavy atom. The first-order chi connectivity index (χ1) is 8.33. The van der Waals surface area contributed by atoms with Crippen molar-refractivity contribution in [1.82, 2.24) is 10.2 Å². The summed E-state index contributed by atoms with van der Waals surface area (Å²) in [6.45, 7) is -0.0190. The Kier molecular flexibility index (Phi) is 3.28. The Morgan fingerprint density at radius 2 is 2.00 bits per heavy atom. The van der Waals surface area contributed by atoms with E-state index in [1.165, 1.54) is 12.3 Å². The van der Waals surface area contributed by atoms with Crippen molar-refractivity contribution in [3.8, 4) is 17.7 Å². The van der Waals surface area contributed by atoms with Crippen molar-refractivity contribution >= 4 is 0 Å². The molecule has 0 atom stereocenters. The van der Waals surface area contributed by atoms with Crippen LogP contribution < -0.4 is 4.74 Å². The highest BCUT2D eigenvalue weighted by Crippen LogP contribution is 2.21. The SMILES string of the molecule is N#Cc1ccnnc1Oc1ccc(CO)cc1. The van der Waals surface area contributed by atoms with Crippen LogP contribution in [0.15, 0.2) is 36.5 Å². The molecular formula is C12H9N3O2. The van der Waals surface area contributed by atoms with Crippen LogP contribution in [0, 0.1) is 11.3 Å². The fourth-order valence-corrected chi connectivity index (χ4v) is 1.25. The maximum absolute atomic E-state index is 8.89. The Bertz CT molecular complexity index is 546. The van der Waals surface area contributed by atoms with Crippen molar-refractivity contribution in [2.24, 2.45) is 0 Å². The summed E-state index contributed by atoms with van der Waals surface area (Å²) in [6, 6.07) is 10.4. The number of nitrogens with zero attached hydrogens (tertiary/aromatic N) is 3. The van der Waals surface area contributed by atoms with Crippen LogP contribution in [0.4, 0.5) is 0 Å². The third kappa shape index (κ3) is 2.56. The fraction of sp³-hybridized carbons (Fsp3) is 0.0833. The van der Waals surface area contributed by atoms with Crippen molar-refractivity contribution in [3.05, 3.63) is 47.7 Å². The second kappa shape index (κ2) is 5.05. The fourth-order valence-electron chi connectivity index (χ4n) is 1.25. The molecule has 17 heavy (non-hydrogen) atoms. The maximum Gasteiger partial charge on any atom is 0.256 e. The van der Waals surface area contributed by atoms with Gasteiger partial charge in [0.05, 0.1) is 12.8 Å². The monoisotopic (exact) mass is 227 g/mol. The Balaban J connectivity index is 2.23. The Hall–Kier alpha value is -2.45. The maximum atomic E-state index is 8.89. The van der Waals surface area contributed by atoms with Crippen LogP contribution in [0.2, 0.25) is 0 Å². The van der Waals surface area contributed by atoms with Gasteiger partial charge in [-0.3, -0.25) is 0 Å². The van der Waals surface area contributed by atoms with E-state index in [0.717, 1.165) is 5.56 Å². The standard InChI is InChI=1S/C12H9N3O2/c13-7-10-5-6-14-15-12(10)17-11-3-1-9(8-16)2-4-11/h1-6,16H,8H2. The second-order valence-electron chi connectivity index (χ2n) is 3.27. The van der Waals surface area contributed by atoms with Gasteiger partial charge in [0.25, 0.3) is 5.88 Å². The third-order valence-electron chi connectivity index (χ3n) is 2.13. The van der Waals surface area contributed by atoms with Crippen LogP contribution >= 0.6 is 0 Å². The summed E-state index contributed by atoms with van der Waals surface area (Å²) in [5, 5.41) is 25.1. The summed E-state index contributed by atoms with van der Waals surface area (Å²) in [7, 11) is 0. The summed E-state index contributed by atoms with van der Waals surface area (Å²) in [5.74, 6) is 0.714. The van der Waals surface area contributed by atoms with Gasteiger partial charge in [-0.25, -0.2) is 0 Å². The lowest BCUT2D eigenvalue weighted by molar-refractivity contribution is 0.281. The first-order valence-corrected chi connectivity index (χ1v) is 4.93. The van der Waals surface area contributed by atoms with E-state index in [1.807, 2.05) is 6.07 Å². The highest BCUT2D eigenvalue weighted by atomic mass is 16.5. The van der Waals surface area contributed by atoms with Gasteiger partial charge in [0, 0.05) is 0 Å². The molecule has 0 spiro atoms. The molecule has 0 saturated carbocycles. The molecule has 0 unspecified atom stereocenters. The average molecular weight is 227 g/mol. The van der Waals surface area contributed by atoms with Gasteiger partial charge in [-0.1, -0.05) is 12.1 Å². The van der Waals surface area contributed by atoms with Crippen LogP contribution in [0.25, 0.3) is 0 Å². The van der Waals surface area contributed by atoms with E-state index in [1.54, 1.807) is 24.3 Å². The molecule has 0 aliphatic carbocycles. The largest absolute Gasteiger partial charge is 0.437 e. The Morgan fingerprint density at radius 3 is 2.65 bits per heavy atom. The number of nitriles is 1. The molecule has 0 saturated heterocycles. The minimum Gasteiger partial charge on any atom is -0.437 e. The minimum atomic E-state index is -0.0190. The smallest absolute Gasteiger partial charge is 0.256 e. The number of aromatic nitrogens is 2. The molecule has 5 nitrogen and oxygen atoms in total. The number of aliphatic hydroxyl groups is 1. The quantitative estimate of drug-likeness (QED) is 0.862. The number of aliphatic hydroxyl groups excluding tert-OH is 1. The first-order valence-electron chi connectivity index (χ1n) is 4.93. The van der Waals surface area contributed by atoms with E-state index < -0.39 is 0 Å².